The molecule has 0 bridgehead atoms. The number of phenolic OH excluding ortho intramolecular Hbond substituents is 1. The molecule has 1 rings (SSSR count). The SMILES string of the molecule is CCN(CC(=O)NC)C(=O)c1ccc(OC)cc1O. The van der Waals surface area contributed by atoms with E-state index in [9.17, 15) is 14.7 Å². The molecule has 2 amide bonds. The molecule has 0 spiro atoms. The van der Waals surface area contributed by atoms with Crippen molar-refractivity contribution in [1.82, 2.24) is 10.2 Å². The number of methoxy groups -OCH3 is 1. The normalized spacial score (nSPS) is 9.84. The van der Waals surface area contributed by atoms with Crippen molar-refractivity contribution in [3.05, 3.63) is 23.8 Å². The molecule has 0 aliphatic carbocycles. The molecule has 0 radical (unpaired) electrons. The van der Waals surface area contributed by atoms with Crippen LogP contribution in [0.2, 0.25) is 0 Å². The summed E-state index contributed by atoms with van der Waals surface area (Å²) >= 11 is 0. The van der Waals surface area contributed by atoms with Crippen LogP contribution < -0.4 is 10.1 Å². The predicted molar refractivity (Wildman–Crippen MR) is 70.3 cm³/mol. The summed E-state index contributed by atoms with van der Waals surface area (Å²) in [4.78, 5) is 24.9. The molecule has 0 saturated carbocycles. The second-order valence-electron chi connectivity index (χ2n) is 3.88. The molecule has 1 aromatic carbocycles. The molecule has 0 heterocycles. The number of nitrogens with one attached hydrogen (secondary N) is 1. The highest BCUT2D eigenvalue weighted by Crippen LogP contribution is 2.24. The Kier molecular flexibility index (Phi) is 5.17. The van der Waals surface area contributed by atoms with Crippen LogP contribution in [0.3, 0.4) is 0 Å². The van der Waals surface area contributed by atoms with E-state index in [4.69, 9.17) is 4.74 Å². The number of benzene rings is 1. The van der Waals surface area contributed by atoms with Gasteiger partial charge in [-0.15, -0.1) is 0 Å². The molecule has 6 heteroatoms. The molecule has 104 valence electrons. The largest absolute Gasteiger partial charge is 0.507 e. The van der Waals surface area contributed by atoms with Crippen LogP contribution in [0, 0.1) is 0 Å². The fraction of sp³-hybridized carbons (Fsp3) is 0.385. The number of nitrogens with zero attached hydrogens (tertiary/aromatic N) is 1. The summed E-state index contributed by atoms with van der Waals surface area (Å²) in [5.41, 5.74) is 0.145. The molecule has 1 aromatic rings. The van der Waals surface area contributed by atoms with Gasteiger partial charge >= 0.3 is 0 Å². The van der Waals surface area contributed by atoms with Crippen LogP contribution in [0.5, 0.6) is 11.5 Å². The third kappa shape index (κ3) is 3.61. The van der Waals surface area contributed by atoms with E-state index in [1.807, 2.05) is 0 Å². The van der Waals surface area contributed by atoms with Crippen LogP contribution in [-0.4, -0.2) is 49.1 Å². The van der Waals surface area contributed by atoms with Gasteiger partial charge in [-0.2, -0.15) is 0 Å². The number of hydrogen-bond acceptors (Lipinski definition) is 4. The molecule has 0 aromatic heterocycles. The van der Waals surface area contributed by atoms with E-state index >= 15 is 0 Å². The van der Waals surface area contributed by atoms with Gasteiger partial charge in [0.1, 0.15) is 11.5 Å². The fourth-order valence-corrected chi connectivity index (χ4v) is 1.57. The van der Waals surface area contributed by atoms with Crippen molar-refractivity contribution in [2.24, 2.45) is 0 Å². The third-order valence-electron chi connectivity index (χ3n) is 2.72. The first-order chi connectivity index (χ1) is 9.03. The van der Waals surface area contributed by atoms with E-state index in [1.54, 1.807) is 13.0 Å². The van der Waals surface area contributed by atoms with Gasteiger partial charge in [0, 0.05) is 19.7 Å². The van der Waals surface area contributed by atoms with Crippen molar-refractivity contribution in [2.75, 3.05) is 27.2 Å². The first kappa shape index (κ1) is 14.8. The van der Waals surface area contributed by atoms with Gasteiger partial charge in [-0.25, -0.2) is 0 Å². The van der Waals surface area contributed by atoms with Gasteiger partial charge in [0.2, 0.25) is 5.91 Å². The van der Waals surface area contributed by atoms with E-state index in [0.717, 1.165) is 0 Å². The van der Waals surface area contributed by atoms with Gasteiger partial charge in [-0.1, -0.05) is 0 Å². The smallest absolute Gasteiger partial charge is 0.258 e. The van der Waals surface area contributed by atoms with Crippen LogP contribution in [0.1, 0.15) is 17.3 Å². The molecular formula is C13H18N2O4. The van der Waals surface area contributed by atoms with Gasteiger partial charge in [0.25, 0.3) is 5.91 Å². The van der Waals surface area contributed by atoms with E-state index < -0.39 is 5.91 Å². The number of aromatic hydroxyl groups is 1. The van der Waals surface area contributed by atoms with Gasteiger partial charge in [0.15, 0.2) is 0 Å². The molecule has 19 heavy (non-hydrogen) atoms. The highest BCUT2D eigenvalue weighted by molar-refractivity contribution is 5.98. The maximum absolute atomic E-state index is 12.2. The zero-order valence-electron chi connectivity index (χ0n) is 11.3. The molecule has 6 nitrogen and oxygen atoms in total. The van der Waals surface area contributed by atoms with Crippen molar-refractivity contribution >= 4 is 11.8 Å². The maximum Gasteiger partial charge on any atom is 0.258 e. The van der Waals surface area contributed by atoms with E-state index in [1.165, 1.54) is 31.2 Å². The number of likely N-dealkylation sites (N-methyl/N-ethyl adjacent to an activating group) is 2. The minimum atomic E-state index is -0.397. The number of ether oxygens (including phenoxy) is 1. The van der Waals surface area contributed by atoms with Crippen LogP contribution in [-0.2, 0) is 4.79 Å². The Bertz CT molecular complexity index is 474. The van der Waals surface area contributed by atoms with Crippen LogP contribution in [0.25, 0.3) is 0 Å². The summed E-state index contributed by atoms with van der Waals surface area (Å²) in [6.07, 6.45) is 0. The van der Waals surface area contributed by atoms with Crippen LogP contribution >= 0.6 is 0 Å². The van der Waals surface area contributed by atoms with Gasteiger partial charge in [-0.05, 0) is 19.1 Å². The molecule has 2 N–H and O–H groups in total. The van der Waals surface area contributed by atoms with Crippen LogP contribution in [0.15, 0.2) is 18.2 Å². The lowest BCUT2D eigenvalue weighted by Crippen LogP contribution is -2.39. The van der Waals surface area contributed by atoms with Gasteiger partial charge < -0.3 is 20.1 Å². The average Bonchev–Trinajstić information content (AvgIpc) is 2.43. The lowest BCUT2D eigenvalue weighted by molar-refractivity contribution is -0.121. The molecule has 0 fully saturated rings. The summed E-state index contributed by atoms with van der Waals surface area (Å²) in [6.45, 7) is 2.09. The number of amides is 2. The quantitative estimate of drug-likeness (QED) is 0.818. The van der Waals surface area contributed by atoms with Crippen LogP contribution in [0.4, 0.5) is 0 Å². The molecule has 0 aliphatic heterocycles. The maximum atomic E-state index is 12.2. The first-order valence-corrected chi connectivity index (χ1v) is 5.90. The number of rotatable bonds is 5. The number of carbonyl (C=O) groups excluding carboxylic acids is 2. The van der Waals surface area contributed by atoms with Crippen molar-refractivity contribution in [1.29, 1.82) is 0 Å². The Morgan fingerprint density at radius 2 is 2.11 bits per heavy atom. The Hall–Kier alpha value is -2.24. The van der Waals surface area contributed by atoms with Gasteiger partial charge in [-0.3, -0.25) is 9.59 Å². The summed E-state index contributed by atoms with van der Waals surface area (Å²) in [7, 11) is 2.98. The highest BCUT2D eigenvalue weighted by atomic mass is 16.5. The fourth-order valence-electron chi connectivity index (χ4n) is 1.57. The Morgan fingerprint density at radius 3 is 2.58 bits per heavy atom. The number of phenols is 1. The van der Waals surface area contributed by atoms with Crippen molar-refractivity contribution in [3.63, 3.8) is 0 Å². The Labute approximate surface area is 112 Å². The topological polar surface area (TPSA) is 78.9 Å². The van der Waals surface area contributed by atoms with Gasteiger partial charge in [0.05, 0.1) is 19.2 Å². The second kappa shape index (κ2) is 6.63. The van der Waals surface area contributed by atoms with E-state index in [2.05, 4.69) is 5.32 Å². The minimum Gasteiger partial charge on any atom is -0.507 e. The van der Waals surface area contributed by atoms with Crippen molar-refractivity contribution in [2.45, 2.75) is 6.92 Å². The predicted octanol–water partition coefficient (Wildman–Crippen LogP) is 0.609. The second-order valence-corrected chi connectivity index (χ2v) is 3.88. The monoisotopic (exact) mass is 266 g/mol. The minimum absolute atomic E-state index is 0.0443. The molecular weight excluding hydrogens is 248 g/mol. The zero-order valence-corrected chi connectivity index (χ0v) is 11.3. The zero-order chi connectivity index (χ0) is 14.4. The average molecular weight is 266 g/mol. The number of carbonyl (C=O) groups is 2. The standard InChI is InChI=1S/C13H18N2O4/c1-4-15(8-12(17)14-2)13(18)10-6-5-9(19-3)7-11(10)16/h5-7,16H,4,8H2,1-3H3,(H,14,17). The van der Waals surface area contributed by atoms with E-state index in [-0.39, 0.29) is 23.8 Å². The molecule has 0 aliphatic rings. The lowest BCUT2D eigenvalue weighted by Gasteiger charge is -2.20. The Balaban J connectivity index is 2.94. The lowest BCUT2D eigenvalue weighted by atomic mass is 10.1. The van der Waals surface area contributed by atoms with E-state index in [0.29, 0.717) is 12.3 Å². The number of hydrogen-bond donors (Lipinski definition) is 2. The van der Waals surface area contributed by atoms with Crippen molar-refractivity contribution < 1.29 is 19.4 Å². The summed E-state index contributed by atoms with van der Waals surface area (Å²) in [5, 5.41) is 12.3. The highest BCUT2D eigenvalue weighted by Gasteiger charge is 2.19. The summed E-state index contributed by atoms with van der Waals surface area (Å²) in [6, 6.07) is 4.42. The van der Waals surface area contributed by atoms with Crippen molar-refractivity contribution in [3.8, 4) is 11.5 Å². The third-order valence-corrected chi connectivity index (χ3v) is 2.72. The molecule has 0 saturated heterocycles. The molecule has 0 atom stereocenters. The summed E-state index contributed by atoms with van der Waals surface area (Å²) in [5.74, 6) is -0.363. The summed E-state index contributed by atoms with van der Waals surface area (Å²) < 4.78 is 4.95. The Morgan fingerprint density at radius 1 is 1.42 bits per heavy atom. The first-order valence-electron chi connectivity index (χ1n) is 5.90. The molecule has 0 unspecified atom stereocenters.